The Bertz CT molecular complexity index is 529. The average molecular weight is 308 g/mol. The van der Waals surface area contributed by atoms with Gasteiger partial charge in [-0.15, -0.1) is 0 Å². The van der Waals surface area contributed by atoms with Gasteiger partial charge in [0.15, 0.2) is 5.82 Å². The molecule has 0 unspecified atom stereocenters. The van der Waals surface area contributed by atoms with E-state index in [-0.39, 0.29) is 0 Å². The molecule has 0 fully saturated rings. The molecule has 0 bridgehead atoms. The number of nitrogens with one attached hydrogen (secondary N) is 1. The minimum atomic E-state index is 0.586. The van der Waals surface area contributed by atoms with Crippen LogP contribution in [0.5, 0.6) is 0 Å². The molecule has 0 spiro atoms. The first kappa shape index (κ1) is 12.9. The molecule has 0 aliphatic rings. The largest absolute Gasteiger partial charge is 0.369 e. The van der Waals surface area contributed by atoms with Crippen molar-refractivity contribution < 1.29 is 0 Å². The lowest BCUT2D eigenvalue weighted by molar-refractivity contribution is 0.956. The van der Waals surface area contributed by atoms with Crippen molar-refractivity contribution in [2.75, 3.05) is 11.9 Å². The monoisotopic (exact) mass is 307 g/mol. The van der Waals surface area contributed by atoms with Crippen LogP contribution in [0.1, 0.15) is 19.0 Å². The van der Waals surface area contributed by atoms with E-state index >= 15 is 0 Å². The Morgan fingerprint density at radius 2 is 2.11 bits per heavy atom. The Balaban J connectivity index is 2.41. The molecule has 0 aromatic carbocycles. The molecule has 2 aromatic heterocycles. The van der Waals surface area contributed by atoms with E-state index in [4.69, 9.17) is 0 Å². The van der Waals surface area contributed by atoms with Gasteiger partial charge in [-0.3, -0.25) is 4.98 Å². The summed E-state index contributed by atoms with van der Waals surface area (Å²) in [6, 6.07) is 0. The van der Waals surface area contributed by atoms with E-state index in [9.17, 15) is 0 Å². The zero-order valence-electron chi connectivity index (χ0n) is 10.3. The summed E-state index contributed by atoms with van der Waals surface area (Å²) in [6.07, 6.45) is 5.96. The minimum Gasteiger partial charge on any atom is -0.369 e. The van der Waals surface area contributed by atoms with Crippen molar-refractivity contribution >= 4 is 21.7 Å². The fourth-order valence-corrected chi connectivity index (χ4v) is 1.77. The molecule has 2 heterocycles. The van der Waals surface area contributed by atoms with Gasteiger partial charge in [-0.25, -0.2) is 15.0 Å². The van der Waals surface area contributed by atoms with Crippen molar-refractivity contribution in [2.45, 2.75) is 20.3 Å². The average Bonchev–Trinajstić information content (AvgIpc) is 2.41. The van der Waals surface area contributed by atoms with E-state index in [2.05, 4.69) is 48.1 Å². The van der Waals surface area contributed by atoms with Crippen molar-refractivity contribution in [1.29, 1.82) is 0 Å². The summed E-state index contributed by atoms with van der Waals surface area (Å²) >= 11 is 3.49. The van der Waals surface area contributed by atoms with Gasteiger partial charge in [0, 0.05) is 18.9 Å². The van der Waals surface area contributed by atoms with Crippen LogP contribution in [0.3, 0.4) is 0 Å². The van der Waals surface area contributed by atoms with E-state index < -0.39 is 0 Å². The van der Waals surface area contributed by atoms with Gasteiger partial charge in [-0.05, 0) is 29.3 Å². The number of halogens is 1. The van der Waals surface area contributed by atoms with Crippen molar-refractivity contribution in [3.63, 3.8) is 0 Å². The number of anilines is 1. The van der Waals surface area contributed by atoms with Gasteiger partial charge in [0.1, 0.15) is 11.5 Å². The maximum Gasteiger partial charge on any atom is 0.182 e. The van der Waals surface area contributed by atoms with Gasteiger partial charge >= 0.3 is 0 Å². The smallest absolute Gasteiger partial charge is 0.182 e. The quantitative estimate of drug-likeness (QED) is 0.941. The number of nitrogens with zero attached hydrogens (tertiary/aromatic N) is 4. The maximum atomic E-state index is 4.47. The first-order valence-electron chi connectivity index (χ1n) is 5.76. The molecule has 0 saturated heterocycles. The van der Waals surface area contributed by atoms with Crippen LogP contribution in [0.4, 0.5) is 5.82 Å². The van der Waals surface area contributed by atoms with Crippen molar-refractivity contribution in [3.05, 3.63) is 28.8 Å². The third-order valence-electron chi connectivity index (χ3n) is 2.35. The highest BCUT2D eigenvalue weighted by atomic mass is 79.9. The summed E-state index contributed by atoms with van der Waals surface area (Å²) in [5.74, 6) is 1.38. The molecule has 1 N–H and O–H groups in total. The summed E-state index contributed by atoms with van der Waals surface area (Å²) < 4.78 is 0.892. The lowest BCUT2D eigenvalue weighted by atomic mass is 10.3. The van der Waals surface area contributed by atoms with Crippen molar-refractivity contribution in [1.82, 2.24) is 19.9 Å². The molecule has 0 radical (unpaired) electrons. The van der Waals surface area contributed by atoms with Crippen LogP contribution in [0.2, 0.25) is 0 Å². The highest BCUT2D eigenvalue weighted by Gasteiger charge is 2.11. The van der Waals surface area contributed by atoms with Gasteiger partial charge in [-0.2, -0.15) is 0 Å². The third-order valence-corrected chi connectivity index (χ3v) is 3.30. The first-order chi connectivity index (χ1) is 8.72. The van der Waals surface area contributed by atoms with E-state index in [1.165, 1.54) is 0 Å². The number of rotatable bonds is 4. The van der Waals surface area contributed by atoms with Crippen LogP contribution in [-0.4, -0.2) is 26.5 Å². The maximum absolute atomic E-state index is 4.47. The molecule has 6 heteroatoms. The summed E-state index contributed by atoms with van der Waals surface area (Å²) in [5, 5.41) is 3.27. The Kier molecular flexibility index (Phi) is 4.19. The van der Waals surface area contributed by atoms with Crippen LogP contribution < -0.4 is 5.32 Å². The first-order valence-corrected chi connectivity index (χ1v) is 6.56. The van der Waals surface area contributed by atoms with Gasteiger partial charge in [0.2, 0.25) is 0 Å². The normalized spacial score (nSPS) is 10.4. The molecule has 18 heavy (non-hydrogen) atoms. The summed E-state index contributed by atoms with van der Waals surface area (Å²) in [6.45, 7) is 4.91. The third kappa shape index (κ3) is 2.81. The highest BCUT2D eigenvalue weighted by molar-refractivity contribution is 9.10. The van der Waals surface area contributed by atoms with Crippen molar-refractivity contribution in [3.8, 4) is 11.5 Å². The predicted molar refractivity (Wildman–Crippen MR) is 74.3 cm³/mol. The summed E-state index contributed by atoms with van der Waals surface area (Å²) in [7, 11) is 0. The number of hydrogen-bond donors (Lipinski definition) is 1. The zero-order chi connectivity index (χ0) is 13.0. The highest BCUT2D eigenvalue weighted by Crippen LogP contribution is 2.25. The van der Waals surface area contributed by atoms with Crippen LogP contribution in [0.25, 0.3) is 11.5 Å². The van der Waals surface area contributed by atoms with Crippen molar-refractivity contribution in [2.24, 2.45) is 0 Å². The molecule has 0 aliphatic carbocycles. The standard InChI is InChI=1S/C12H14BrN5/c1-3-4-16-12-10(13)8(2)17-11(18-12)9-7-14-5-6-15-9/h5-7H,3-4H2,1-2H3,(H,16,17,18). The zero-order valence-corrected chi connectivity index (χ0v) is 11.9. The Labute approximate surface area is 114 Å². The lowest BCUT2D eigenvalue weighted by Gasteiger charge is -2.10. The van der Waals surface area contributed by atoms with Gasteiger partial charge in [-0.1, -0.05) is 6.92 Å². The molecule has 0 amide bonds. The second-order valence-electron chi connectivity index (χ2n) is 3.81. The fourth-order valence-electron chi connectivity index (χ4n) is 1.45. The molecular formula is C12H14BrN5. The fraction of sp³-hybridized carbons (Fsp3) is 0.333. The minimum absolute atomic E-state index is 0.586. The molecule has 2 rings (SSSR count). The van der Waals surface area contributed by atoms with E-state index in [1.54, 1.807) is 18.6 Å². The molecule has 5 nitrogen and oxygen atoms in total. The Morgan fingerprint density at radius 1 is 1.28 bits per heavy atom. The molecule has 94 valence electrons. The predicted octanol–water partition coefficient (Wildman–Crippen LogP) is 2.83. The summed E-state index contributed by atoms with van der Waals surface area (Å²) in [5.41, 5.74) is 1.55. The molecular weight excluding hydrogens is 294 g/mol. The van der Waals surface area contributed by atoms with Gasteiger partial charge < -0.3 is 5.32 Å². The SMILES string of the molecule is CCCNc1nc(-c2cnccn2)nc(C)c1Br. The molecule has 0 aliphatic heterocycles. The number of aromatic nitrogens is 4. The number of aryl methyl sites for hydroxylation is 1. The van der Waals surface area contributed by atoms with E-state index in [0.717, 1.165) is 29.0 Å². The van der Waals surface area contributed by atoms with Crippen LogP contribution in [-0.2, 0) is 0 Å². The van der Waals surface area contributed by atoms with E-state index in [1.807, 2.05) is 6.92 Å². The second kappa shape index (κ2) is 5.86. The molecule has 0 atom stereocenters. The Hall–Kier alpha value is -1.56. The molecule has 2 aromatic rings. The Morgan fingerprint density at radius 3 is 2.78 bits per heavy atom. The van der Waals surface area contributed by atoms with E-state index in [0.29, 0.717) is 11.5 Å². The van der Waals surface area contributed by atoms with Crippen LogP contribution in [0, 0.1) is 6.92 Å². The number of hydrogen-bond acceptors (Lipinski definition) is 5. The topological polar surface area (TPSA) is 63.6 Å². The van der Waals surface area contributed by atoms with Crippen LogP contribution in [0.15, 0.2) is 23.1 Å². The summed E-state index contributed by atoms with van der Waals surface area (Å²) in [4.78, 5) is 17.1. The van der Waals surface area contributed by atoms with Gasteiger partial charge in [0.05, 0.1) is 16.4 Å². The van der Waals surface area contributed by atoms with Gasteiger partial charge in [0.25, 0.3) is 0 Å². The second-order valence-corrected chi connectivity index (χ2v) is 4.61. The lowest BCUT2D eigenvalue weighted by Crippen LogP contribution is -2.06. The molecule has 0 saturated carbocycles. The van der Waals surface area contributed by atoms with Crippen LogP contribution >= 0.6 is 15.9 Å².